The number of nitrogens with zero attached hydrogens (tertiary/aromatic N) is 3. The van der Waals surface area contributed by atoms with Crippen molar-refractivity contribution in [3.8, 4) is 10.7 Å². The molecule has 0 spiro atoms. The minimum Gasteiger partial charge on any atom is -0.335 e. The van der Waals surface area contributed by atoms with Gasteiger partial charge in [-0.15, -0.1) is 21.5 Å². The minimum absolute atomic E-state index is 0.147. The van der Waals surface area contributed by atoms with E-state index in [0.717, 1.165) is 16.1 Å². The standard InChI is InChI=1S/C15H14ClN5OS2/c1-9-7-10(16)4-5-11(9)18-13(22)8-24-15-20-19-14(21(15)17)12-3-2-6-23-12/h2-7H,8,17H2,1H3,(H,18,22). The maximum absolute atomic E-state index is 12.1. The molecule has 1 amide bonds. The van der Waals surface area contributed by atoms with Crippen LogP contribution in [0.15, 0.2) is 40.9 Å². The van der Waals surface area contributed by atoms with E-state index in [1.165, 1.54) is 27.8 Å². The van der Waals surface area contributed by atoms with Crippen LogP contribution in [0.5, 0.6) is 0 Å². The molecule has 0 aliphatic heterocycles. The van der Waals surface area contributed by atoms with E-state index in [2.05, 4.69) is 15.5 Å². The zero-order valence-corrected chi connectivity index (χ0v) is 15.1. The summed E-state index contributed by atoms with van der Waals surface area (Å²) in [5.74, 6) is 6.63. The van der Waals surface area contributed by atoms with Crippen molar-refractivity contribution in [1.82, 2.24) is 14.9 Å². The van der Waals surface area contributed by atoms with Gasteiger partial charge in [0, 0.05) is 10.7 Å². The Hall–Kier alpha value is -2.03. The molecule has 0 aliphatic carbocycles. The highest BCUT2D eigenvalue weighted by atomic mass is 35.5. The van der Waals surface area contributed by atoms with Gasteiger partial charge in [0.15, 0.2) is 5.82 Å². The van der Waals surface area contributed by atoms with E-state index >= 15 is 0 Å². The highest BCUT2D eigenvalue weighted by Crippen LogP contribution is 2.25. The normalized spacial score (nSPS) is 10.8. The Morgan fingerprint density at radius 1 is 1.42 bits per heavy atom. The molecule has 9 heteroatoms. The SMILES string of the molecule is Cc1cc(Cl)ccc1NC(=O)CSc1nnc(-c2cccs2)n1N. The van der Waals surface area contributed by atoms with Crippen LogP contribution in [0.2, 0.25) is 5.02 Å². The van der Waals surface area contributed by atoms with Gasteiger partial charge in [-0.25, -0.2) is 4.68 Å². The van der Waals surface area contributed by atoms with E-state index in [4.69, 9.17) is 17.4 Å². The Morgan fingerprint density at radius 3 is 2.96 bits per heavy atom. The van der Waals surface area contributed by atoms with Crippen molar-refractivity contribution in [2.75, 3.05) is 16.9 Å². The lowest BCUT2D eigenvalue weighted by Gasteiger charge is -2.08. The average molecular weight is 380 g/mol. The highest BCUT2D eigenvalue weighted by molar-refractivity contribution is 7.99. The van der Waals surface area contributed by atoms with E-state index in [9.17, 15) is 4.79 Å². The molecule has 2 aromatic heterocycles. The number of aromatic nitrogens is 3. The number of nitrogens with two attached hydrogens (primary N) is 1. The number of amides is 1. The number of thioether (sulfide) groups is 1. The van der Waals surface area contributed by atoms with Gasteiger partial charge in [0.25, 0.3) is 0 Å². The molecule has 3 N–H and O–H groups in total. The second-order valence-corrected chi connectivity index (χ2v) is 7.28. The summed E-state index contributed by atoms with van der Waals surface area (Å²) in [5, 5.41) is 14.0. The van der Waals surface area contributed by atoms with Crippen LogP contribution >= 0.6 is 34.7 Å². The highest BCUT2D eigenvalue weighted by Gasteiger charge is 2.14. The second kappa shape index (κ2) is 7.25. The third-order valence-corrected chi connectivity index (χ3v) is 5.24. The summed E-state index contributed by atoms with van der Waals surface area (Å²) >= 11 is 8.67. The number of anilines is 1. The van der Waals surface area contributed by atoms with Crippen LogP contribution in [0.25, 0.3) is 10.7 Å². The van der Waals surface area contributed by atoms with Crippen molar-refractivity contribution in [3.05, 3.63) is 46.3 Å². The maximum atomic E-state index is 12.1. The molecule has 3 aromatic rings. The molecule has 0 saturated heterocycles. The smallest absolute Gasteiger partial charge is 0.234 e. The van der Waals surface area contributed by atoms with Gasteiger partial charge in [-0.05, 0) is 42.1 Å². The summed E-state index contributed by atoms with van der Waals surface area (Å²) in [6, 6.07) is 9.15. The third-order valence-electron chi connectivity index (χ3n) is 3.20. The van der Waals surface area contributed by atoms with Crippen molar-refractivity contribution in [2.24, 2.45) is 0 Å². The number of rotatable bonds is 5. The van der Waals surface area contributed by atoms with Gasteiger partial charge < -0.3 is 11.2 Å². The van der Waals surface area contributed by atoms with E-state index in [-0.39, 0.29) is 11.7 Å². The van der Waals surface area contributed by atoms with E-state index in [1.807, 2.05) is 24.4 Å². The fraction of sp³-hybridized carbons (Fsp3) is 0.133. The van der Waals surface area contributed by atoms with Crippen LogP contribution in [0.1, 0.15) is 5.56 Å². The Morgan fingerprint density at radius 2 is 2.25 bits per heavy atom. The number of nitrogens with one attached hydrogen (secondary N) is 1. The number of halogens is 1. The first-order valence-electron chi connectivity index (χ1n) is 6.98. The predicted octanol–water partition coefficient (Wildman–Crippen LogP) is 3.41. The largest absolute Gasteiger partial charge is 0.335 e. The number of carbonyl (C=O) groups excluding carboxylic acids is 1. The van der Waals surface area contributed by atoms with E-state index < -0.39 is 0 Å². The molecule has 2 heterocycles. The molecule has 0 saturated carbocycles. The van der Waals surface area contributed by atoms with Crippen molar-refractivity contribution in [1.29, 1.82) is 0 Å². The molecule has 0 unspecified atom stereocenters. The maximum Gasteiger partial charge on any atom is 0.234 e. The summed E-state index contributed by atoms with van der Waals surface area (Å²) < 4.78 is 1.40. The van der Waals surface area contributed by atoms with Gasteiger partial charge in [0.2, 0.25) is 11.1 Å². The lowest BCUT2D eigenvalue weighted by Crippen LogP contribution is -2.16. The Kier molecular flexibility index (Phi) is 5.08. The minimum atomic E-state index is -0.147. The molecule has 0 bridgehead atoms. The predicted molar refractivity (Wildman–Crippen MR) is 99.0 cm³/mol. The molecular weight excluding hydrogens is 366 g/mol. The first-order valence-corrected chi connectivity index (χ1v) is 9.22. The number of hydrogen-bond acceptors (Lipinski definition) is 6. The Labute approximate surface area is 152 Å². The van der Waals surface area contributed by atoms with Gasteiger partial charge >= 0.3 is 0 Å². The van der Waals surface area contributed by atoms with Crippen LogP contribution in [0, 0.1) is 6.92 Å². The topological polar surface area (TPSA) is 85.8 Å². The monoisotopic (exact) mass is 379 g/mol. The Bertz CT molecular complexity index is 863. The van der Waals surface area contributed by atoms with Gasteiger partial charge in [-0.3, -0.25) is 4.79 Å². The first-order chi connectivity index (χ1) is 11.5. The van der Waals surface area contributed by atoms with Crippen LogP contribution in [-0.2, 0) is 4.79 Å². The molecule has 0 fully saturated rings. The second-order valence-electron chi connectivity index (χ2n) is 4.95. The molecule has 0 radical (unpaired) electrons. The summed E-state index contributed by atoms with van der Waals surface area (Å²) in [6.07, 6.45) is 0. The molecule has 1 aromatic carbocycles. The van der Waals surface area contributed by atoms with E-state index in [1.54, 1.807) is 18.2 Å². The lowest BCUT2D eigenvalue weighted by molar-refractivity contribution is -0.113. The quantitative estimate of drug-likeness (QED) is 0.524. The average Bonchev–Trinajstić information content (AvgIpc) is 3.18. The summed E-state index contributed by atoms with van der Waals surface area (Å²) in [4.78, 5) is 13.0. The van der Waals surface area contributed by atoms with Crippen molar-refractivity contribution in [2.45, 2.75) is 12.1 Å². The number of nitrogen functional groups attached to an aromatic ring is 1. The summed E-state index contributed by atoms with van der Waals surface area (Å²) in [5.41, 5.74) is 1.64. The summed E-state index contributed by atoms with van der Waals surface area (Å²) in [6.45, 7) is 1.89. The van der Waals surface area contributed by atoms with Crippen molar-refractivity contribution in [3.63, 3.8) is 0 Å². The Balaban J connectivity index is 1.62. The van der Waals surface area contributed by atoms with Gasteiger partial charge in [0.1, 0.15) is 0 Å². The van der Waals surface area contributed by atoms with Crippen LogP contribution < -0.4 is 11.2 Å². The van der Waals surface area contributed by atoms with Crippen LogP contribution in [-0.4, -0.2) is 26.5 Å². The van der Waals surface area contributed by atoms with Crippen molar-refractivity contribution < 1.29 is 4.79 Å². The molecule has 124 valence electrons. The molecule has 0 atom stereocenters. The molecule has 24 heavy (non-hydrogen) atoms. The van der Waals surface area contributed by atoms with Crippen LogP contribution in [0.4, 0.5) is 5.69 Å². The fourth-order valence-electron chi connectivity index (χ4n) is 2.03. The van der Waals surface area contributed by atoms with Crippen molar-refractivity contribution >= 4 is 46.3 Å². The number of aryl methyl sites for hydroxylation is 1. The van der Waals surface area contributed by atoms with Gasteiger partial charge in [0.05, 0.1) is 10.6 Å². The lowest BCUT2D eigenvalue weighted by atomic mass is 10.2. The molecular formula is C15H14ClN5OS2. The van der Waals surface area contributed by atoms with E-state index in [0.29, 0.717) is 16.0 Å². The molecule has 0 aliphatic rings. The number of benzene rings is 1. The fourth-order valence-corrected chi connectivity index (χ4v) is 3.62. The van der Waals surface area contributed by atoms with Crippen LogP contribution in [0.3, 0.4) is 0 Å². The molecule has 3 rings (SSSR count). The molecule has 6 nitrogen and oxygen atoms in total. The first kappa shape index (κ1) is 16.8. The number of thiophene rings is 1. The third kappa shape index (κ3) is 3.72. The number of carbonyl (C=O) groups is 1. The zero-order valence-electron chi connectivity index (χ0n) is 12.7. The number of hydrogen-bond donors (Lipinski definition) is 2. The van der Waals surface area contributed by atoms with Gasteiger partial charge in [-0.1, -0.05) is 29.4 Å². The van der Waals surface area contributed by atoms with Gasteiger partial charge in [-0.2, -0.15) is 0 Å². The summed E-state index contributed by atoms with van der Waals surface area (Å²) in [7, 11) is 0. The zero-order chi connectivity index (χ0) is 17.1.